The average Bonchev–Trinajstić information content (AvgIpc) is 3.33. The number of nitrogens with one attached hydrogen (secondary N) is 1. The summed E-state index contributed by atoms with van der Waals surface area (Å²) < 4.78 is 5.99. The Kier molecular flexibility index (Phi) is 8.61. The number of amides is 1. The van der Waals surface area contributed by atoms with Crippen molar-refractivity contribution in [1.29, 1.82) is 5.26 Å². The molecule has 1 aromatic heterocycles. The molecule has 0 radical (unpaired) electrons. The number of aromatic nitrogens is 1. The molecule has 2 atom stereocenters. The van der Waals surface area contributed by atoms with Crippen LogP contribution in [0.5, 0.6) is 5.75 Å². The fourth-order valence-electron chi connectivity index (χ4n) is 3.91. The Balaban J connectivity index is 1.37. The third-order valence-electron chi connectivity index (χ3n) is 5.97. The summed E-state index contributed by atoms with van der Waals surface area (Å²) in [4.78, 5) is 17.4. The molecule has 0 spiro atoms. The predicted octanol–water partition coefficient (Wildman–Crippen LogP) is 4.50. The monoisotopic (exact) mass is 500 g/mol. The van der Waals surface area contributed by atoms with Crippen LogP contribution in [0.3, 0.4) is 0 Å². The minimum absolute atomic E-state index is 0.191. The summed E-state index contributed by atoms with van der Waals surface area (Å²) in [5.41, 5.74) is 10.00. The lowest BCUT2D eigenvalue weighted by molar-refractivity contribution is -0.121. The van der Waals surface area contributed by atoms with Gasteiger partial charge in [-0.15, -0.1) is 0 Å². The second-order valence-electron chi connectivity index (χ2n) is 8.52. The molecule has 4 rings (SSSR count). The predicted molar refractivity (Wildman–Crippen MR) is 141 cm³/mol. The molecule has 0 aliphatic carbocycles. The normalized spacial score (nSPS) is 12.7. The number of carbonyl (C=O) groups excluding carboxylic acids is 1. The number of nitrogens with two attached hydrogens (primary N) is 1. The molecule has 1 amide bonds. The minimum atomic E-state index is -0.688. The Morgan fingerprint density at radius 2 is 1.81 bits per heavy atom. The molecule has 0 fully saturated rings. The van der Waals surface area contributed by atoms with E-state index < -0.39 is 6.04 Å². The van der Waals surface area contributed by atoms with Gasteiger partial charge in [-0.2, -0.15) is 17.0 Å². The Morgan fingerprint density at radius 1 is 1.08 bits per heavy atom. The standard InChI is InChI=1S/C28H28N4O3S/c29-15-20-8-1-2-9-22(20)17-36-18-23(30)27(34)31-16-21(14-13-19-7-3-5-11-25(19)33)28-32-24-10-4-6-12-26(24)35-28/h1-12,21,23,33H,13-14,16-18,30H2,(H,31,34). The van der Waals surface area contributed by atoms with E-state index in [0.29, 0.717) is 47.9 Å². The molecule has 0 aliphatic rings. The second kappa shape index (κ2) is 12.2. The smallest absolute Gasteiger partial charge is 0.237 e. The summed E-state index contributed by atoms with van der Waals surface area (Å²) in [6.45, 7) is 0.314. The number of phenolic OH excluding ortho intramolecular Hbond substituents is 1. The first-order valence-corrected chi connectivity index (χ1v) is 12.9. The van der Waals surface area contributed by atoms with Crippen LogP contribution in [-0.4, -0.2) is 34.3 Å². The van der Waals surface area contributed by atoms with E-state index in [1.165, 1.54) is 11.8 Å². The molecular formula is C28H28N4O3S. The number of oxazole rings is 1. The van der Waals surface area contributed by atoms with Crippen LogP contribution in [0.15, 0.2) is 77.2 Å². The van der Waals surface area contributed by atoms with Crippen LogP contribution in [0.2, 0.25) is 0 Å². The third-order valence-corrected chi connectivity index (χ3v) is 7.08. The quantitative estimate of drug-likeness (QED) is 0.277. The van der Waals surface area contributed by atoms with Crippen molar-refractivity contribution in [3.05, 3.63) is 95.4 Å². The SMILES string of the molecule is N#Cc1ccccc1CSCC(N)C(=O)NCC(CCc1ccccc1O)c1nc2ccccc2o1. The van der Waals surface area contributed by atoms with Gasteiger partial charge in [0.05, 0.1) is 23.6 Å². The topological polar surface area (TPSA) is 125 Å². The number of fused-ring (bicyclic) bond motifs is 1. The van der Waals surface area contributed by atoms with E-state index in [1.54, 1.807) is 18.2 Å². The van der Waals surface area contributed by atoms with Crippen LogP contribution in [0.1, 0.15) is 34.9 Å². The van der Waals surface area contributed by atoms with Gasteiger partial charge >= 0.3 is 0 Å². The first kappa shape index (κ1) is 25.3. The number of aromatic hydroxyl groups is 1. The van der Waals surface area contributed by atoms with E-state index in [1.807, 2.05) is 54.6 Å². The number of aryl methyl sites for hydroxylation is 1. The van der Waals surface area contributed by atoms with Crippen molar-refractivity contribution < 1.29 is 14.3 Å². The number of para-hydroxylation sites is 3. The fraction of sp³-hybridized carbons (Fsp3) is 0.250. The Bertz CT molecular complexity index is 1330. The van der Waals surface area contributed by atoms with Crippen LogP contribution in [0.4, 0.5) is 0 Å². The number of rotatable bonds is 11. The maximum absolute atomic E-state index is 12.8. The molecule has 1 heterocycles. The van der Waals surface area contributed by atoms with Gasteiger partial charge < -0.3 is 20.6 Å². The maximum Gasteiger partial charge on any atom is 0.237 e. The van der Waals surface area contributed by atoms with Gasteiger partial charge in [-0.25, -0.2) is 4.98 Å². The molecule has 2 unspecified atom stereocenters. The molecule has 3 aromatic carbocycles. The van der Waals surface area contributed by atoms with E-state index in [4.69, 9.17) is 10.2 Å². The molecule has 4 N–H and O–H groups in total. The van der Waals surface area contributed by atoms with E-state index >= 15 is 0 Å². The first-order chi connectivity index (χ1) is 17.5. The zero-order valence-corrected chi connectivity index (χ0v) is 20.6. The third kappa shape index (κ3) is 6.45. The molecule has 184 valence electrons. The van der Waals surface area contributed by atoms with Gasteiger partial charge in [0, 0.05) is 18.1 Å². The van der Waals surface area contributed by atoms with Crippen LogP contribution < -0.4 is 11.1 Å². The van der Waals surface area contributed by atoms with Crippen molar-refractivity contribution in [3.63, 3.8) is 0 Å². The van der Waals surface area contributed by atoms with Crippen LogP contribution in [0, 0.1) is 11.3 Å². The molecule has 8 heteroatoms. The lowest BCUT2D eigenvalue weighted by atomic mass is 9.98. The Hall–Kier alpha value is -3.80. The Morgan fingerprint density at radius 3 is 2.58 bits per heavy atom. The number of thioether (sulfide) groups is 1. The minimum Gasteiger partial charge on any atom is -0.508 e. The summed E-state index contributed by atoms with van der Waals surface area (Å²) in [6, 6.07) is 23.7. The highest BCUT2D eigenvalue weighted by molar-refractivity contribution is 7.98. The molecule has 0 aliphatic heterocycles. The van der Waals surface area contributed by atoms with Crippen molar-refractivity contribution in [2.45, 2.75) is 30.6 Å². The van der Waals surface area contributed by atoms with Gasteiger partial charge in [0.15, 0.2) is 11.5 Å². The van der Waals surface area contributed by atoms with Crippen molar-refractivity contribution in [3.8, 4) is 11.8 Å². The lowest BCUT2D eigenvalue weighted by Crippen LogP contribution is -2.43. The number of benzene rings is 3. The van der Waals surface area contributed by atoms with Gasteiger partial charge in [0.25, 0.3) is 0 Å². The first-order valence-electron chi connectivity index (χ1n) is 11.8. The number of phenols is 1. The van der Waals surface area contributed by atoms with Crippen LogP contribution >= 0.6 is 11.8 Å². The molecule has 7 nitrogen and oxygen atoms in total. The van der Waals surface area contributed by atoms with Crippen molar-refractivity contribution in [1.82, 2.24) is 10.3 Å². The summed E-state index contributed by atoms with van der Waals surface area (Å²) in [6.07, 6.45) is 1.23. The van der Waals surface area contributed by atoms with Gasteiger partial charge in [-0.3, -0.25) is 4.79 Å². The van der Waals surface area contributed by atoms with Gasteiger partial charge in [0.1, 0.15) is 11.3 Å². The highest BCUT2D eigenvalue weighted by Gasteiger charge is 2.22. The van der Waals surface area contributed by atoms with Gasteiger partial charge in [-0.05, 0) is 48.2 Å². The van der Waals surface area contributed by atoms with E-state index in [2.05, 4.69) is 16.4 Å². The zero-order chi connectivity index (χ0) is 25.3. The molecule has 4 aromatic rings. The van der Waals surface area contributed by atoms with Gasteiger partial charge in [0.2, 0.25) is 5.91 Å². The highest BCUT2D eigenvalue weighted by atomic mass is 32.2. The molecule has 36 heavy (non-hydrogen) atoms. The Labute approximate surface area is 214 Å². The largest absolute Gasteiger partial charge is 0.508 e. The zero-order valence-electron chi connectivity index (χ0n) is 19.8. The van der Waals surface area contributed by atoms with E-state index in [-0.39, 0.29) is 17.6 Å². The molecule has 0 saturated carbocycles. The molecule has 0 bridgehead atoms. The summed E-state index contributed by atoms with van der Waals surface area (Å²) in [5, 5.41) is 22.3. The summed E-state index contributed by atoms with van der Waals surface area (Å²) >= 11 is 1.52. The van der Waals surface area contributed by atoms with Crippen LogP contribution in [-0.2, 0) is 17.0 Å². The fourth-order valence-corrected chi connectivity index (χ4v) is 4.91. The van der Waals surface area contributed by atoms with Crippen LogP contribution in [0.25, 0.3) is 11.1 Å². The molecular weight excluding hydrogens is 472 g/mol. The lowest BCUT2D eigenvalue weighted by Gasteiger charge is -2.17. The van der Waals surface area contributed by atoms with Crippen molar-refractivity contribution >= 4 is 28.8 Å². The number of nitriles is 1. The van der Waals surface area contributed by atoms with Crippen molar-refractivity contribution in [2.24, 2.45) is 5.73 Å². The second-order valence-corrected chi connectivity index (χ2v) is 9.55. The van der Waals surface area contributed by atoms with Gasteiger partial charge in [-0.1, -0.05) is 48.5 Å². The van der Waals surface area contributed by atoms with E-state index in [0.717, 1.165) is 16.6 Å². The number of carbonyl (C=O) groups is 1. The van der Waals surface area contributed by atoms with E-state index in [9.17, 15) is 15.2 Å². The summed E-state index contributed by atoms with van der Waals surface area (Å²) in [7, 11) is 0. The number of hydrogen-bond acceptors (Lipinski definition) is 7. The van der Waals surface area contributed by atoms with Crippen molar-refractivity contribution in [2.75, 3.05) is 12.3 Å². The summed E-state index contributed by atoms with van der Waals surface area (Å²) in [5.74, 6) is 1.38. The number of hydrogen-bond donors (Lipinski definition) is 3. The highest BCUT2D eigenvalue weighted by Crippen LogP contribution is 2.27. The average molecular weight is 501 g/mol. The maximum atomic E-state index is 12.8. The molecule has 0 saturated heterocycles. The number of nitrogens with zero attached hydrogens (tertiary/aromatic N) is 2.